The molecule has 5 heteroatoms. The Labute approximate surface area is 172 Å². The third-order valence-electron chi connectivity index (χ3n) is 3.88. The van der Waals surface area contributed by atoms with Crippen LogP contribution in [0.4, 0.5) is 0 Å². The quantitative estimate of drug-likeness (QED) is 0.254. The molecule has 0 atom stereocenters. The Balaban J connectivity index is 2.19. The van der Waals surface area contributed by atoms with Crippen LogP contribution in [0.1, 0.15) is 56.5 Å². The summed E-state index contributed by atoms with van der Waals surface area (Å²) in [5.41, 5.74) is 1.30. The lowest BCUT2D eigenvalue weighted by Gasteiger charge is -2.22. The van der Waals surface area contributed by atoms with Crippen LogP contribution in [-0.4, -0.2) is 12.6 Å². The number of esters is 1. The van der Waals surface area contributed by atoms with E-state index in [4.69, 9.17) is 9.47 Å². The van der Waals surface area contributed by atoms with E-state index in [0.717, 1.165) is 33.1 Å². The van der Waals surface area contributed by atoms with E-state index in [2.05, 4.69) is 59.6 Å². The summed E-state index contributed by atoms with van der Waals surface area (Å²) in [6.07, 6.45) is 2.07. The molecule has 0 amide bonds. The first kappa shape index (κ1) is 21.0. The minimum absolute atomic E-state index is 0.142. The van der Waals surface area contributed by atoms with Crippen LogP contribution in [0.25, 0.3) is 0 Å². The summed E-state index contributed by atoms with van der Waals surface area (Å²) < 4.78 is 13.1. The van der Waals surface area contributed by atoms with Gasteiger partial charge in [0.2, 0.25) is 0 Å². The summed E-state index contributed by atoms with van der Waals surface area (Å²) in [5, 5.41) is 0. The highest BCUT2D eigenvalue weighted by Gasteiger charge is 2.22. The summed E-state index contributed by atoms with van der Waals surface area (Å²) in [6.45, 7) is 9.04. The second-order valence-corrected chi connectivity index (χ2v) is 8.90. The minimum atomic E-state index is -0.390. The molecular weight excluding hydrogens is 460 g/mol. The van der Waals surface area contributed by atoms with E-state index in [1.54, 1.807) is 18.2 Å². The van der Waals surface area contributed by atoms with E-state index in [1.807, 2.05) is 18.2 Å². The lowest BCUT2D eigenvalue weighted by atomic mass is 9.86. The van der Waals surface area contributed by atoms with E-state index in [0.29, 0.717) is 17.9 Å². The molecule has 0 aliphatic carbocycles. The lowest BCUT2D eigenvalue weighted by molar-refractivity contribution is 0.0731. The third kappa shape index (κ3) is 5.58. The van der Waals surface area contributed by atoms with Gasteiger partial charge >= 0.3 is 5.97 Å². The van der Waals surface area contributed by atoms with Crippen molar-refractivity contribution in [3.8, 4) is 11.5 Å². The first-order valence-corrected chi connectivity index (χ1v) is 10.3. The Bertz CT molecular complexity index is 779. The van der Waals surface area contributed by atoms with Crippen LogP contribution in [0, 0.1) is 0 Å². The molecule has 2 rings (SSSR count). The number of unbranched alkanes of at least 4 members (excludes halogenated alkanes) is 1. The molecule has 0 spiro atoms. The number of rotatable bonds is 6. The Morgan fingerprint density at radius 3 is 2.35 bits per heavy atom. The molecule has 26 heavy (non-hydrogen) atoms. The first-order chi connectivity index (χ1) is 12.2. The second kappa shape index (κ2) is 9.05. The van der Waals surface area contributed by atoms with Crippen molar-refractivity contribution in [1.82, 2.24) is 0 Å². The number of hydrogen-bond donors (Lipinski definition) is 0. The van der Waals surface area contributed by atoms with Gasteiger partial charge in [-0.25, -0.2) is 4.79 Å². The second-order valence-electron chi connectivity index (χ2n) is 7.13. The summed E-state index contributed by atoms with van der Waals surface area (Å²) >= 11 is 6.95. The molecule has 140 valence electrons. The monoisotopic (exact) mass is 482 g/mol. The Hall–Kier alpha value is -1.33. The van der Waals surface area contributed by atoms with Crippen molar-refractivity contribution < 1.29 is 14.3 Å². The zero-order valence-electron chi connectivity index (χ0n) is 15.6. The highest BCUT2D eigenvalue weighted by molar-refractivity contribution is 9.10. The highest BCUT2D eigenvalue weighted by atomic mass is 79.9. The SMILES string of the molecule is CCCCOc1ccc(C(=O)Oc2ccc(Br)cc2C(C)(C)C)cc1Br. The van der Waals surface area contributed by atoms with E-state index < -0.39 is 5.97 Å². The third-order valence-corrected chi connectivity index (χ3v) is 4.99. The average molecular weight is 484 g/mol. The van der Waals surface area contributed by atoms with Crippen LogP contribution in [-0.2, 0) is 5.41 Å². The van der Waals surface area contributed by atoms with Gasteiger partial charge in [0.25, 0.3) is 0 Å². The number of halogens is 2. The number of carbonyl (C=O) groups is 1. The summed E-state index contributed by atoms with van der Waals surface area (Å²) in [6, 6.07) is 10.9. The maximum Gasteiger partial charge on any atom is 0.343 e. The molecule has 0 saturated heterocycles. The molecule has 2 aromatic rings. The summed E-state index contributed by atoms with van der Waals surface area (Å²) in [4.78, 5) is 12.6. The predicted octanol–water partition coefficient (Wildman–Crippen LogP) is 6.91. The van der Waals surface area contributed by atoms with Crippen LogP contribution in [0.5, 0.6) is 11.5 Å². The van der Waals surface area contributed by atoms with Crippen molar-refractivity contribution in [3.63, 3.8) is 0 Å². The molecule has 0 aliphatic rings. The fourth-order valence-corrected chi connectivity index (χ4v) is 3.26. The Kier molecular flexibility index (Phi) is 7.30. The smallest absolute Gasteiger partial charge is 0.343 e. The topological polar surface area (TPSA) is 35.5 Å². The predicted molar refractivity (Wildman–Crippen MR) is 112 cm³/mol. The van der Waals surface area contributed by atoms with Gasteiger partial charge in [0.1, 0.15) is 11.5 Å². The van der Waals surface area contributed by atoms with Crippen molar-refractivity contribution in [2.24, 2.45) is 0 Å². The molecule has 0 fully saturated rings. The van der Waals surface area contributed by atoms with Gasteiger partial charge in [-0.2, -0.15) is 0 Å². The largest absolute Gasteiger partial charge is 0.492 e. The number of carbonyl (C=O) groups excluding carboxylic acids is 1. The molecule has 0 bridgehead atoms. The first-order valence-electron chi connectivity index (χ1n) is 8.67. The van der Waals surface area contributed by atoms with Gasteiger partial charge in [-0.1, -0.05) is 50.0 Å². The molecule has 0 N–H and O–H groups in total. The maximum atomic E-state index is 12.6. The molecule has 0 aliphatic heterocycles. The average Bonchev–Trinajstić information content (AvgIpc) is 2.57. The van der Waals surface area contributed by atoms with Crippen LogP contribution in [0.3, 0.4) is 0 Å². The van der Waals surface area contributed by atoms with Gasteiger partial charge in [-0.3, -0.25) is 0 Å². The van der Waals surface area contributed by atoms with Crippen LogP contribution < -0.4 is 9.47 Å². The molecule has 3 nitrogen and oxygen atoms in total. The number of hydrogen-bond acceptors (Lipinski definition) is 3. The van der Waals surface area contributed by atoms with Crippen molar-refractivity contribution in [1.29, 1.82) is 0 Å². The van der Waals surface area contributed by atoms with Crippen LogP contribution >= 0.6 is 31.9 Å². The van der Waals surface area contributed by atoms with Crippen LogP contribution in [0.2, 0.25) is 0 Å². The van der Waals surface area contributed by atoms with E-state index in [1.165, 1.54) is 0 Å². The lowest BCUT2D eigenvalue weighted by Crippen LogP contribution is -2.16. The fraction of sp³-hybridized carbons (Fsp3) is 0.381. The summed E-state index contributed by atoms with van der Waals surface area (Å²) in [5.74, 6) is 0.915. The zero-order chi connectivity index (χ0) is 19.3. The Morgan fingerprint density at radius 1 is 1.04 bits per heavy atom. The molecule has 0 unspecified atom stereocenters. The molecule has 0 radical (unpaired) electrons. The summed E-state index contributed by atoms with van der Waals surface area (Å²) in [7, 11) is 0. The number of benzene rings is 2. The van der Waals surface area contributed by atoms with Gasteiger partial charge in [0, 0.05) is 10.0 Å². The van der Waals surface area contributed by atoms with Crippen molar-refractivity contribution in [3.05, 3.63) is 56.5 Å². The molecule has 0 saturated carbocycles. The Morgan fingerprint density at radius 2 is 1.73 bits per heavy atom. The fourth-order valence-electron chi connectivity index (χ4n) is 2.41. The minimum Gasteiger partial charge on any atom is -0.492 e. The molecule has 0 aromatic heterocycles. The van der Waals surface area contributed by atoms with Crippen molar-refractivity contribution in [2.75, 3.05) is 6.61 Å². The molecular formula is C21H24Br2O3. The normalized spacial score (nSPS) is 11.3. The van der Waals surface area contributed by atoms with Gasteiger partial charge in [-0.05, 0) is 64.2 Å². The van der Waals surface area contributed by atoms with Crippen molar-refractivity contribution >= 4 is 37.8 Å². The zero-order valence-corrected chi connectivity index (χ0v) is 18.7. The van der Waals surface area contributed by atoms with Gasteiger partial charge < -0.3 is 9.47 Å². The highest BCUT2D eigenvalue weighted by Crippen LogP contribution is 2.34. The molecule has 0 heterocycles. The molecule has 2 aromatic carbocycles. The standard InChI is InChI=1S/C21H24Br2O3/c1-5-6-11-25-19-9-7-14(12-17(19)23)20(24)26-18-10-8-15(22)13-16(18)21(2,3)4/h7-10,12-13H,5-6,11H2,1-4H3. The number of ether oxygens (including phenoxy) is 2. The van der Waals surface area contributed by atoms with Gasteiger partial charge in [0.05, 0.1) is 16.6 Å². The van der Waals surface area contributed by atoms with E-state index in [9.17, 15) is 4.79 Å². The van der Waals surface area contributed by atoms with E-state index in [-0.39, 0.29) is 5.41 Å². The van der Waals surface area contributed by atoms with Crippen LogP contribution in [0.15, 0.2) is 45.3 Å². The van der Waals surface area contributed by atoms with Crippen molar-refractivity contribution in [2.45, 2.75) is 46.0 Å². The maximum absolute atomic E-state index is 12.6. The van der Waals surface area contributed by atoms with E-state index >= 15 is 0 Å². The van der Waals surface area contributed by atoms with Gasteiger partial charge in [-0.15, -0.1) is 0 Å². The van der Waals surface area contributed by atoms with Gasteiger partial charge in [0.15, 0.2) is 0 Å².